The average Bonchev–Trinajstić information content (AvgIpc) is 2.80. The molecule has 0 aliphatic carbocycles. The number of thiazole rings is 1. The minimum absolute atomic E-state index is 0.174. The molecule has 114 valence electrons. The van der Waals surface area contributed by atoms with Crippen molar-refractivity contribution < 1.29 is 4.79 Å². The number of rotatable bonds is 4. The van der Waals surface area contributed by atoms with Gasteiger partial charge in [0.25, 0.3) is 0 Å². The van der Waals surface area contributed by atoms with Gasteiger partial charge in [0.15, 0.2) is 0 Å². The number of hydrogen-bond donors (Lipinski definition) is 0. The monoisotopic (exact) mass is 305 g/mol. The van der Waals surface area contributed by atoms with Crippen molar-refractivity contribution in [2.45, 2.75) is 39.3 Å². The molecule has 0 aromatic carbocycles. The van der Waals surface area contributed by atoms with Crippen LogP contribution in [0.1, 0.15) is 32.4 Å². The Hall–Kier alpha value is -1.20. The average molecular weight is 305 g/mol. The smallest absolute Gasteiger partial charge is 0.227 e. The summed E-state index contributed by atoms with van der Waals surface area (Å²) in [7, 11) is 0. The Morgan fingerprint density at radius 3 is 3.00 bits per heavy atom. The number of amides is 1. The normalized spacial score (nSPS) is 26.0. The third kappa shape index (κ3) is 3.35. The van der Waals surface area contributed by atoms with Gasteiger partial charge in [-0.3, -0.25) is 9.69 Å². The van der Waals surface area contributed by atoms with Crippen LogP contribution in [0, 0.1) is 5.92 Å². The molecule has 3 aliphatic rings. The highest BCUT2D eigenvalue weighted by atomic mass is 32.1. The molecule has 1 aromatic heterocycles. The summed E-state index contributed by atoms with van der Waals surface area (Å²) in [4.78, 5) is 21.5. The first-order valence-electron chi connectivity index (χ1n) is 7.66. The number of carbonyl (C=O) groups is 1. The minimum atomic E-state index is 0.174. The summed E-state index contributed by atoms with van der Waals surface area (Å²) in [6.45, 7) is 7.70. The van der Waals surface area contributed by atoms with E-state index in [1.54, 1.807) is 11.3 Å². The van der Waals surface area contributed by atoms with E-state index in [9.17, 15) is 4.79 Å². The van der Waals surface area contributed by atoms with E-state index in [2.05, 4.69) is 40.1 Å². The van der Waals surface area contributed by atoms with Crippen molar-refractivity contribution in [3.05, 3.63) is 28.2 Å². The topological polar surface area (TPSA) is 36.4 Å². The van der Waals surface area contributed by atoms with Gasteiger partial charge in [0, 0.05) is 37.6 Å². The lowest BCUT2D eigenvalue weighted by Gasteiger charge is -2.35. The summed E-state index contributed by atoms with van der Waals surface area (Å²) in [5.74, 6) is 0.525. The van der Waals surface area contributed by atoms with Gasteiger partial charge in [-0.15, -0.1) is 11.3 Å². The molecule has 0 spiro atoms. The van der Waals surface area contributed by atoms with E-state index < -0.39 is 0 Å². The molecule has 21 heavy (non-hydrogen) atoms. The maximum absolute atomic E-state index is 12.6. The summed E-state index contributed by atoms with van der Waals surface area (Å²) in [6.07, 6.45) is 4.35. The van der Waals surface area contributed by atoms with Crippen LogP contribution in [0.2, 0.25) is 0 Å². The molecule has 5 heteroatoms. The molecule has 0 N–H and O–H groups in total. The zero-order valence-electron chi connectivity index (χ0n) is 12.8. The van der Waals surface area contributed by atoms with Gasteiger partial charge in [-0.2, -0.15) is 0 Å². The SMILES string of the molecule is CC(C)=CCN1C(=O)[C@H]2CC[C@@H]1CN(Cc1cscn1)C2. The van der Waals surface area contributed by atoms with Crippen LogP contribution >= 0.6 is 11.3 Å². The maximum Gasteiger partial charge on any atom is 0.227 e. The zero-order valence-corrected chi connectivity index (χ0v) is 13.6. The molecule has 4 rings (SSSR count). The number of carbonyl (C=O) groups excluding carboxylic acids is 1. The Morgan fingerprint density at radius 1 is 1.43 bits per heavy atom. The Labute approximate surface area is 130 Å². The van der Waals surface area contributed by atoms with E-state index in [1.165, 1.54) is 5.57 Å². The van der Waals surface area contributed by atoms with Crippen LogP contribution in [0.4, 0.5) is 0 Å². The van der Waals surface area contributed by atoms with Crippen LogP contribution in [-0.4, -0.2) is 46.4 Å². The van der Waals surface area contributed by atoms with Crippen LogP contribution in [0.5, 0.6) is 0 Å². The molecule has 1 aromatic rings. The van der Waals surface area contributed by atoms with Crippen LogP contribution in [0.15, 0.2) is 22.5 Å². The predicted octanol–water partition coefficient (Wildman–Crippen LogP) is 2.53. The van der Waals surface area contributed by atoms with Gasteiger partial charge in [0.1, 0.15) is 0 Å². The van der Waals surface area contributed by atoms with Gasteiger partial charge in [-0.05, 0) is 26.7 Å². The molecule has 3 aliphatic heterocycles. The van der Waals surface area contributed by atoms with Gasteiger partial charge in [-0.1, -0.05) is 11.6 Å². The van der Waals surface area contributed by atoms with E-state index >= 15 is 0 Å². The van der Waals surface area contributed by atoms with Crippen molar-refractivity contribution in [3.63, 3.8) is 0 Å². The lowest BCUT2D eigenvalue weighted by Crippen LogP contribution is -2.47. The third-order valence-electron chi connectivity index (χ3n) is 4.43. The molecule has 0 radical (unpaired) electrons. The van der Waals surface area contributed by atoms with Gasteiger partial charge in [0.05, 0.1) is 17.1 Å². The minimum Gasteiger partial charge on any atom is -0.334 e. The van der Waals surface area contributed by atoms with Gasteiger partial charge in [-0.25, -0.2) is 4.98 Å². The second kappa shape index (κ2) is 6.28. The van der Waals surface area contributed by atoms with Crippen LogP contribution < -0.4 is 0 Å². The molecular formula is C16H23N3OS. The van der Waals surface area contributed by atoms with E-state index in [-0.39, 0.29) is 5.92 Å². The zero-order chi connectivity index (χ0) is 14.8. The van der Waals surface area contributed by atoms with Crippen molar-refractivity contribution >= 4 is 17.2 Å². The fraction of sp³-hybridized carbons (Fsp3) is 0.625. The van der Waals surface area contributed by atoms with Crippen LogP contribution in [0.3, 0.4) is 0 Å². The number of aromatic nitrogens is 1. The molecule has 1 amide bonds. The summed E-state index contributed by atoms with van der Waals surface area (Å²) in [5, 5.41) is 2.11. The van der Waals surface area contributed by atoms with Gasteiger partial charge < -0.3 is 4.90 Å². The third-order valence-corrected chi connectivity index (χ3v) is 5.07. The highest BCUT2D eigenvalue weighted by Crippen LogP contribution is 2.29. The number of piperidine rings is 1. The summed E-state index contributed by atoms with van der Waals surface area (Å²) in [6, 6.07) is 0.366. The van der Waals surface area contributed by atoms with Crippen molar-refractivity contribution in [1.82, 2.24) is 14.8 Å². The highest BCUT2D eigenvalue weighted by molar-refractivity contribution is 7.07. The van der Waals surface area contributed by atoms with Gasteiger partial charge >= 0.3 is 0 Å². The number of fused-ring (bicyclic) bond motifs is 4. The first-order valence-corrected chi connectivity index (χ1v) is 8.61. The molecule has 0 unspecified atom stereocenters. The van der Waals surface area contributed by atoms with Crippen molar-refractivity contribution in [2.24, 2.45) is 5.92 Å². The van der Waals surface area contributed by atoms with Crippen LogP contribution in [0.25, 0.3) is 0 Å². The molecule has 4 nitrogen and oxygen atoms in total. The fourth-order valence-electron chi connectivity index (χ4n) is 3.32. The Bertz CT molecular complexity index is 522. The first kappa shape index (κ1) is 14.7. The molecular weight excluding hydrogens is 282 g/mol. The molecule has 0 saturated carbocycles. The van der Waals surface area contributed by atoms with Gasteiger partial charge in [0.2, 0.25) is 5.91 Å². The Balaban J connectivity index is 1.72. The van der Waals surface area contributed by atoms with E-state index in [0.29, 0.717) is 11.9 Å². The summed E-state index contributed by atoms with van der Waals surface area (Å²) >= 11 is 1.64. The molecule has 2 bridgehead atoms. The standard InChI is InChI=1S/C16H23N3OS/c1-12(2)5-6-19-15-4-3-13(16(19)20)7-18(9-15)8-14-10-21-11-17-14/h5,10-11,13,15H,3-4,6-9H2,1-2H3/t13-,15+/m0/s1. The maximum atomic E-state index is 12.6. The fourth-order valence-corrected chi connectivity index (χ4v) is 3.87. The summed E-state index contributed by atoms with van der Waals surface area (Å²) in [5.41, 5.74) is 4.29. The molecule has 3 saturated heterocycles. The number of allylic oxidation sites excluding steroid dienone is 1. The summed E-state index contributed by atoms with van der Waals surface area (Å²) < 4.78 is 0. The lowest BCUT2D eigenvalue weighted by atomic mass is 9.94. The first-order chi connectivity index (χ1) is 10.1. The second-order valence-electron chi connectivity index (χ2n) is 6.37. The predicted molar refractivity (Wildman–Crippen MR) is 85.0 cm³/mol. The lowest BCUT2D eigenvalue weighted by molar-refractivity contribution is -0.139. The van der Waals surface area contributed by atoms with E-state index in [4.69, 9.17) is 0 Å². The van der Waals surface area contributed by atoms with Crippen molar-refractivity contribution in [3.8, 4) is 0 Å². The number of nitrogens with zero attached hydrogens (tertiary/aromatic N) is 3. The van der Waals surface area contributed by atoms with Crippen molar-refractivity contribution in [1.29, 1.82) is 0 Å². The quantitative estimate of drug-likeness (QED) is 0.802. The number of hydrogen-bond acceptors (Lipinski definition) is 4. The van der Waals surface area contributed by atoms with Crippen LogP contribution in [-0.2, 0) is 11.3 Å². The second-order valence-corrected chi connectivity index (χ2v) is 7.09. The highest BCUT2D eigenvalue weighted by Gasteiger charge is 2.40. The van der Waals surface area contributed by atoms with Crippen molar-refractivity contribution in [2.75, 3.05) is 19.6 Å². The molecule has 3 fully saturated rings. The van der Waals surface area contributed by atoms with E-state index in [0.717, 1.165) is 44.7 Å². The largest absolute Gasteiger partial charge is 0.334 e. The Morgan fingerprint density at radius 2 is 2.29 bits per heavy atom. The molecule has 2 atom stereocenters. The molecule has 4 heterocycles. The van der Waals surface area contributed by atoms with E-state index in [1.807, 2.05) is 5.51 Å². The Kier molecular flexibility index (Phi) is 4.40.